The van der Waals surface area contributed by atoms with Crippen molar-refractivity contribution in [3.8, 4) is 0 Å². The van der Waals surface area contributed by atoms with E-state index in [2.05, 4.69) is 22.0 Å². The number of hydrogen-bond acceptors (Lipinski definition) is 3. The van der Waals surface area contributed by atoms with Gasteiger partial charge in [0.1, 0.15) is 5.69 Å². The Morgan fingerprint density at radius 2 is 1.73 bits per heavy atom. The van der Waals surface area contributed by atoms with Gasteiger partial charge in [-0.2, -0.15) is 0 Å². The average Bonchev–Trinajstić information content (AvgIpc) is 2.57. The minimum Gasteiger partial charge on any atom is -0.369 e. The second-order valence-corrected chi connectivity index (χ2v) is 5.22. The highest BCUT2D eigenvalue weighted by molar-refractivity contribution is 5.92. The van der Waals surface area contributed by atoms with E-state index in [0.29, 0.717) is 18.8 Å². The molecule has 0 bridgehead atoms. The molecule has 116 valence electrons. The van der Waals surface area contributed by atoms with Gasteiger partial charge >= 0.3 is 0 Å². The van der Waals surface area contributed by atoms with Crippen LogP contribution >= 0.6 is 0 Å². The normalized spacial score (nSPS) is 10.3. The Labute approximate surface area is 132 Å². The zero-order valence-electron chi connectivity index (χ0n) is 13.5. The summed E-state index contributed by atoms with van der Waals surface area (Å²) in [5.41, 5.74) is 2.74. The van der Waals surface area contributed by atoms with Gasteiger partial charge in [-0.15, -0.1) is 0 Å². The lowest BCUT2D eigenvalue weighted by molar-refractivity contribution is 0.0767. The van der Waals surface area contributed by atoms with E-state index in [4.69, 9.17) is 0 Å². The van der Waals surface area contributed by atoms with E-state index >= 15 is 0 Å². The van der Waals surface area contributed by atoms with E-state index in [1.165, 1.54) is 5.56 Å². The maximum Gasteiger partial charge on any atom is 0.272 e. The van der Waals surface area contributed by atoms with Gasteiger partial charge in [0.05, 0.1) is 11.9 Å². The number of rotatable bonds is 6. The van der Waals surface area contributed by atoms with Gasteiger partial charge in [0.25, 0.3) is 5.91 Å². The number of aromatic nitrogens is 1. The van der Waals surface area contributed by atoms with Crippen molar-refractivity contribution in [3.63, 3.8) is 0 Å². The molecule has 1 aromatic heterocycles. The molecular weight excluding hydrogens is 274 g/mol. The second kappa shape index (κ2) is 7.59. The molecule has 1 heterocycles. The standard InChI is InChI=1S/C18H23N3O/c1-4-21(5-2)18(22)17-12-11-16(13-19-17)20(3)14-15-9-7-6-8-10-15/h6-13H,4-5,14H2,1-3H3. The SMILES string of the molecule is CCN(CC)C(=O)c1ccc(N(C)Cc2ccccc2)cn1. The van der Waals surface area contributed by atoms with E-state index < -0.39 is 0 Å². The minimum atomic E-state index is -0.0118. The van der Waals surface area contributed by atoms with Gasteiger partial charge in [-0.25, -0.2) is 4.98 Å². The lowest BCUT2D eigenvalue weighted by atomic mass is 10.2. The molecule has 0 saturated carbocycles. The smallest absolute Gasteiger partial charge is 0.272 e. The Bertz CT molecular complexity index is 591. The monoisotopic (exact) mass is 297 g/mol. The number of carbonyl (C=O) groups is 1. The molecule has 0 atom stereocenters. The molecule has 0 fully saturated rings. The first-order chi connectivity index (χ1) is 10.7. The number of pyridine rings is 1. The molecule has 4 nitrogen and oxygen atoms in total. The molecule has 0 aliphatic rings. The summed E-state index contributed by atoms with van der Waals surface area (Å²) in [5.74, 6) is -0.0118. The van der Waals surface area contributed by atoms with Crippen LogP contribution in [0.1, 0.15) is 29.9 Å². The van der Waals surface area contributed by atoms with E-state index in [1.54, 1.807) is 17.2 Å². The van der Waals surface area contributed by atoms with E-state index in [9.17, 15) is 4.79 Å². The first-order valence-corrected chi connectivity index (χ1v) is 7.66. The fraction of sp³-hybridized carbons (Fsp3) is 0.333. The third kappa shape index (κ3) is 3.85. The maximum absolute atomic E-state index is 12.2. The van der Waals surface area contributed by atoms with E-state index in [0.717, 1.165) is 12.2 Å². The Kier molecular flexibility index (Phi) is 5.53. The van der Waals surface area contributed by atoms with Crippen molar-refractivity contribution in [2.75, 3.05) is 25.0 Å². The molecular formula is C18H23N3O. The summed E-state index contributed by atoms with van der Waals surface area (Å²) in [6.45, 7) is 6.16. The molecule has 2 aromatic rings. The van der Waals surface area contributed by atoms with Crippen LogP contribution in [0.2, 0.25) is 0 Å². The van der Waals surface area contributed by atoms with Gasteiger partial charge in [-0.05, 0) is 31.5 Å². The third-order valence-corrected chi connectivity index (χ3v) is 3.72. The van der Waals surface area contributed by atoms with Crippen molar-refractivity contribution < 1.29 is 4.79 Å². The maximum atomic E-state index is 12.2. The molecule has 0 N–H and O–H groups in total. The van der Waals surface area contributed by atoms with Crippen molar-refractivity contribution >= 4 is 11.6 Å². The highest BCUT2D eigenvalue weighted by Crippen LogP contribution is 2.15. The Morgan fingerprint density at radius 3 is 2.27 bits per heavy atom. The Hall–Kier alpha value is -2.36. The summed E-state index contributed by atoms with van der Waals surface area (Å²) in [6, 6.07) is 14.0. The fourth-order valence-electron chi connectivity index (χ4n) is 2.36. The quantitative estimate of drug-likeness (QED) is 0.821. The van der Waals surface area contributed by atoms with E-state index in [1.807, 2.05) is 45.2 Å². The van der Waals surface area contributed by atoms with Gasteiger partial charge in [0, 0.05) is 26.7 Å². The van der Waals surface area contributed by atoms with Crippen molar-refractivity contribution in [2.45, 2.75) is 20.4 Å². The van der Waals surface area contributed by atoms with Crippen LogP contribution in [-0.2, 0) is 6.54 Å². The largest absolute Gasteiger partial charge is 0.369 e. The molecule has 0 spiro atoms. The molecule has 22 heavy (non-hydrogen) atoms. The molecule has 1 aromatic carbocycles. The van der Waals surface area contributed by atoms with Crippen LogP contribution in [0, 0.1) is 0 Å². The number of anilines is 1. The lowest BCUT2D eigenvalue weighted by Gasteiger charge is -2.20. The predicted octanol–water partition coefficient (Wildman–Crippen LogP) is 3.20. The molecule has 0 aliphatic carbocycles. The fourth-order valence-corrected chi connectivity index (χ4v) is 2.36. The molecule has 4 heteroatoms. The topological polar surface area (TPSA) is 36.4 Å². The first kappa shape index (κ1) is 16.0. The average molecular weight is 297 g/mol. The number of benzene rings is 1. The molecule has 0 radical (unpaired) electrons. The highest BCUT2D eigenvalue weighted by atomic mass is 16.2. The van der Waals surface area contributed by atoms with Crippen molar-refractivity contribution in [2.24, 2.45) is 0 Å². The number of carbonyl (C=O) groups excluding carboxylic acids is 1. The second-order valence-electron chi connectivity index (χ2n) is 5.22. The summed E-state index contributed by atoms with van der Waals surface area (Å²) >= 11 is 0. The van der Waals surface area contributed by atoms with Crippen LogP contribution < -0.4 is 4.90 Å². The Balaban J connectivity index is 2.06. The summed E-state index contributed by atoms with van der Waals surface area (Å²) in [7, 11) is 2.02. The van der Waals surface area contributed by atoms with Crippen LogP contribution in [0.3, 0.4) is 0 Å². The van der Waals surface area contributed by atoms with Gasteiger partial charge in [-0.3, -0.25) is 4.79 Å². The van der Waals surface area contributed by atoms with E-state index in [-0.39, 0.29) is 5.91 Å². The lowest BCUT2D eigenvalue weighted by Crippen LogP contribution is -2.31. The van der Waals surface area contributed by atoms with Crippen molar-refractivity contribution in [1.29, 1.82) is 0 Å². The van der Waals surface area contributed by atoms with Gasteiger partial charge in [0.15, 0.2) is 0 Å². The van der Waals surface area contributed by atoms with Crippen molar-refractivity contribution in [1.82, 2.24) is 9.88 Å². The van der Waals surface area contributed by atoms with Gasteiger partial charge < -0.3 is 9.80 Å². The summed E-state index contributed by atoms with van der Waals surface area (Å²) in [6.07, 6.45) is 1.76. The number of amides is 1. The Morgan fingerprint density at radius 1 is 1.05 bits per heavy atom. The summed E-state index contributed by atoms with van der Waals surface area (Å²) in [5, 5.41) is 0. The number of hydrogen-bond donors (Lipinski definition) is 0. The summed E-state index contributed by atoms with van der Waals surface area (Å²) in [4.78, 5) is 20.4. The zero-order chi connectivity index (χ0) is 15.9. The third-order valence-electron chi connectivity index (χ3n) is 3.72. The van der Waals surface area contributed by atoms with Crippen LogP contribution in [0.5, 0.6) is 0 Å². The van der Waals surface area contributed by atoms with Crippen LogP contribution in [-0.4, -0.2) is 35.9 Å². The predicted molar refractivity (Wildman–Crippen MR) is 90.0 cm³/mol. The molecule has 1 amide bonds. The van der Waals surface area contributed by atoms with Gasteiger partial charge in [-0.1, -0.05) is 30.3 Å². The molecule has 2 rings (SSSR count). The number of nitrogens with zero attached hydrogens (tertiary/aromatic N) is 3. The molecule has 0 unspecified atom stereocenters. The first-order valence-electron chi connectivity index (χ1n) is 7.66. The van der Waals surface area contributed by atoms with Crippen LogP contribution in [0.15, 0.2) is 48.7 Å². The highest BCUT2D eigenvalue weighted by Gasteiger charge is 2.14. The molecule has 0 saturated heterocycles. The zero-order valence-corrected chi connectivity index (χ0v) is 13.5. The van der Waals surface area contributed by atoms with Crippen LogP contribution in [0.25, 0.3) is 0 Å². The van der Waals surface area contributed by atoms with Crippen molar-refractivity contribution in [3.05, 3.63) is 59.9 Å². The van der Waals surface area contributed by atoms with Gasteiger partial charge in [0.2, 0.25) is 0 Å². The molecule has 0 aliphatic heterocycles. The summed E-state index contributed by atoms with van der Waals surface area (Å²) < 4.78 is 0. The minimum absolute atomic E-state index is 0.0118. The van der Waals surface area contributed by atoms with Crippen LogP contribution in [0.4, 0.5) is 5.69 Å².